The first-order valence-electron chi connectivity index (χ1n) is 5.77. The highest BCUT2D eigenvalue weighted by Crippen LogP contribution is 2.14. The number of aryl methyl sites for hydroxylation is 2. The van der Waals surface area contributed by atoms with Gasteiger partial charge in [-0.25, -0.2) is 0 Å². The normalized spacial score (nSPS) is 12.4. The van der Waals surface area contributed by atoms with Gasteiger partial charge in [-0.2, -0.15) is 4.55 Å². The van der Waals surface area contributed by atoms with E-state index in [-0.39, 0.29) is 0 Å². The Hall–Kier alpha value is -1.25. The van der Waals surface area contributed by atoms with E-state index in [0.717, 1.165) is 17.1 Å². The highest BCUT2D eigenvalue weighted by molar-refractivity contribution is 7.91. The molecule has 1 nitrogen and oxygen atoms in total. The van der Waals surface area contributed by atoms with Gasteiger partial charge in [0.1, 0.15) is 0 Å². The molecule has 0 saturated carbocycles. The fraction of sp³-hybridized carbons (Fsp3) is 0.200. The molecule has 0 saturated heterocycles. The van der Waals surface area contributed by atoms with E-state index >= 15 is 0 Å². The third-order valence-corrected chi connectivity index (χ3v) is 4.25. The fourth-order valence-electron chi connectivity index (χ4n) is 1.79. The van der Waals surface area contributed by atoms with Crippen LogP contribution in [0.15, 0.2) is 59.5 Å². The Morgan fingerprint density at radius 3 is 2.29 bits per heavy atom. The Morgan fingerprint density at radius 2 is 1.59 bits per heavy atom. The molecule has 0 aliphatic heterocycles. The van der Waals surface area contributed by atoms with Crippen LogP contribution in [0.25, 0.3) is 0 Å². The van der Waals surface area contributed by atoms with Gasteiger partial charge in [-0.05, 0) is 30.2 Å². The molecule has 1 unspecified atom stereocenters. The second-order valence-electron chi connectivity index (χ2n) is 4.06. The molecule has 88 valence electrons. The molecule has 0 aliphatic carbocycles. The summed E-state index contributed by atoms with van der Waals surface area (Å²) in [6.07, 6.45) is 0.932. The third kappa shape index (κ3) is 3.35. The lowest BCUT2D eigenvalue weighted by molar-refractivity contribution is 0.637. The van der Waals surface area contributed by atoms with Crippen molar-refractivity contribution in [2.75, 3.05) is 5.75 Å². The predicted molar refractivity (Wildman–Crippen MR) is 74.5 cm³/mol. The summed E-state index contributed by atoms with van der Waals surface area (Å²) in [5.74, 6) is 0.800. The van der Waals surface area contributed by atoms with Crippen molar-refractivity contribution in [1.29, 1.82) is 0 Å². The van der Waals surface area contributed by atoms with Crippen molar-refractivity contribution in [3.05, 3.63) is 65.7 Å². The Kier molecular flexibility index (Phi) is 4.24. The van der Waals surface area contributed by atoms with Gasteiger partial charge in [-0.15, -0.1) is 0 Å². The van der Waals surface area contributed by atoms with Crippen molar-refractivity contribution in [3.8, 4) is 0 Å². The molecule has 0 fully saturated rings. The molecule has 0 spiro atoms. The van der Waals surface area contributed by atoms with Crippen molar-refractivity contribution in [3.63, 3.8) is 0 Å². The molecule has 0 heterocycles. The van der Waals surface area contributed by atoms with E-state index in [0.29, 0.717) is 0 Å². The summed E-state index contributed by atoms with van der Waals surface area (Å²) < 4.78 is 10.1. The summed E-state index contributed by atoms with van der Waals surface area (Å²) in [5.41, 5.74) is 2.63. The van der Waals surface area contributed by atoms with E-state index in [1.807, 2.05) is 30.3 Å². The van der Waals surface area contributed by atoms with Crippen molar-refractivity contribution in [2.24, 2.45) is 0 Å². The van der Waals surface area contributed by atoms with Crippen LogP contribution in [-0.4, -0.2) is 10.3 Å². The van der Waals surface area contributed by atoms with Crippen LogP contribution in [0.3, 0.4) is 0 Å². The van der Waals surface area contributed by atoms with Crippen LogP contribution in [0.5, 0.6) is 0 Å². The molecule has 2 rings (SSSR count). The first kappa shape index (κ1) is 12.2. The Balaban J connectivity index is 1.97. The van der Waals surface area contributed by atoms with Gasteiger partial charge in [0.05, 0.1) is 0 Å². The smallest absolute Gasteiger partial charge is 0.181 e. The lowest BCUT2D eigenvalue weighted by Gasteiger charge is -2.03. The van der Waals surface area contributed by atoms with Gasteiger partial charge in [-0.1, -0.05) is 42.5 Å². The first-order chi connectivity index (χ1) is 8.27. The second-order valence-corrected chi connectivity index (χ2v) is 5.67. The molecule has 2 aromatic carbocycles. The number of hydrogen-bond donors (Lipinski definition) is 1. The Bertz CT molecular complexity index is 467. The fourth-order valence-corrected chi connectivity index (χ4v) is 2.91. The maximum Gasteiger partial charge on any atom is 0.189 e. The first-order valence-corrected chi connectivity index (χ1v) is 7.12. The molecule has 1 atom stereocenters. The summed E-state index contributed by atoms with van der Waals surface area (Å²) >= 11 is -0.642. The molecule has 17 heavy (non-hydrogen) atoms. The van der Waals surface area contributed by atoms with Crippen molar-refractivity contribution in [1.82, 2.24) is 0 Å². The topological polar surface area (TPSA) is 20.2 Å². The predicted octanol–water partition coefficient (Wildman–Crippen LogP) is 3.69. The monoisotopic (exact) mass is 245 g/mol. The van der Waals surface area contributed by atoms with Crippen molar-refractivity contribution in [2.45, 2.75) is 18.2 Å². The number of benzene rings is 2. The average Bonchev–Trinajstić information content (AvgIpc) is 2.38. The summed E-state index contributed by atoms with van der Waals surface area (Å²) in [4.78, 5) is 1.03. The molecule has 0 aromatic heterocycles. The lowest BCUT2D eigenvalue weighted by Crippen LogP contribution is -2.09. The summed E-state index contributed by atoms with van der Waals surface area (Å²) in [6, 6.07) is 18.3. The van der Waals surface area contributed by atoms with E-state index < -0.39 is 11.2 Å². The third-order valence-electron chi connectivity index (χ3n) is 2.84. The maximum atomic E-state index is 10.1. The Morgan fingerprint density at radius 1 is 0.941 bits per heavy atom. The summed E-state index contributed by atoms with van der Waals surface area (Å²) in [7, 11) is 0. The highest BCUT2D eigenvalue weighted by atomic mass is 32.2. The van der Waals surface area contributed by atoms with Gasteiger partial charge >= 0.3 is 0 Å². The van der Waals surface area contributed by atoms with E-state index in [4.69, 9.17) is 0 Å². The van der Waals surface area contributed by atoms with Crippen LogP contribution in [0.2, 0.25) is 0 Å². The van der Waals surface area contributed by atoms with Gasteiger partial charge in [-0.3, -0.25) is 0 Å². The molecule has 2 aromatic rings. The van der Waals surface area contributed by atoms with Gasteiger partial charge in [0.2, 0.25) is 0 Å². The van der Waals surface area contributed by atoms with E-state index in [1.165, 1.54) is 11.1 Å². The molecule has 0 radical (unpaired) electrons. The number of hydrogen-bond acceptors (Lipinski definition) is 1. The molecule has 0 bridgehead atoms. The van der Waals surface area contributed by atoms with Crippen LogP contribution >= 0.6 is 0 Å². The minimum absolute atomic E-state index is 0.642. The van der Waals surface area contributed by atoms with Crippen LogP contribution < -0.4 is 0 Å². The molecule has 2 heteroatoms. The zero-order chi connectivity index (χ0) is 12.1. The van der Waals surface area contributed by atoms with Crippen LogP contribution in [0, 0.1) is 6.92 Å². The van der Waals surface area contributed by atoms with E-state index in [1.54, 1.807) is 0 Å². The second kappa shape index (κ2) is 5.89. The van der Waals surface area contributed by atoms with Gasteiger partial charge in [0, 0.05) is 6.42 Å². The molecular formula is C15H17OS+. The molecule has 0 aliphatic rings. The van der Waals surface area contributed by atoms with Gasteiger partial charge in [0.25, 0.3) is 0 Å². The molecule has 1 N–H and O–H groups in total. The molecule has 0 amide bonds. The van der Waals surface area contributed by atoms with Gasteiger partial charge in [0.15, 0.2) is 21.8 Å². The summed E-state index contributed by atoms with van der Waals surface area (Å²) in [5, 5.41) is 0. The van der Waals surface area contributed by atoms with E-state index in [9.17, 15) is 4.55 Å². The lowest BCUT2D eigenvalue weighted by atomic mass is 10.1. The highest BCUT2D eigenvalue weighted by Gasteiger charge is 2.18. The zero-order valence-electron chi connectivity index (χ0n) is 9.97. The minimum atomic E-state index is -0.642. The minimum Gasteiger partial charge on any atom is -0.181 e. The standard InChI is InChI=1S/C15H17OS/c1-13-7-5-6-8-14(13)11-12-17(16)15-9-3-2-4-10-15/h2-10,16H,11-12H2,1H3/q+1. The number of rotatable bonds is 4. The van der Waals surface area contributed by atoms with Crippen LogP contribution in [0.4, 0.5) is 0 Å². The Labute approximate surface area is 106 Å². The maximum absolute atomic E-state index is 10.1. The van der Waals surface area contributed by atoms with Gasteiger partial charge < -0.3 is 0 Å². The largest absolute Gasteiger partial charge is 0.189 e. The average molecular weight is 245 g/mol. The van der Waals surface area contributed by atoms with Crippen LogP contribution in [0.1, 0.15) is 11.1 Å². The van der Waals surface area contributed by atoms with Crippen LogP contribution in [-0.2, 0) is 17.6 Å². The molecular weight excluding hydrogens is 228 g/mol. The van der Waals surface area contributed by atoms with Crippen molar-refractivity contribution >= 4 is 11.2 Å². The van der Waals surface area contributed by atoms with E-state index in [2.05, 4.69) is 31.2 Å². The van der Waals surface area contributed by atoms with Crippen molar-refractivity contribution < 1.29 is 4.55 Å². The zero-order valence-corrected chi connectivity index (χ0v) is 10.8. The quantitative estimate of drug-likeness (QED) is 0.815. The SMILES string of the molecule is Cc1ccccc1CC[S+](O)c1ccccc1. The summed E-state index contributed by atoms with van der Waals surface area (Å²) in [6.45, 7) is 2.12.